The molecule has 0 bridgehead atoms. The SMILES string of the molecule is CCC1COCCN1S(=O)(=O)c1ncccc1NN. The van der Waals surface area contributed by atoms with Gasteiger partial charge in [-0.15, -0.1) is 0 Å². The van der Waals surface area contributed by atoms with Gasteiger partial charge in [-0.25, -0.2) is 13.4 Å². The van der Waals surface area contributed by atoms with Gasteiger partial charge in [0.25, 0.3) is 10.0 Å². The summed E-state index contributed by atoms with van der Waals surface area (Å²) in [5.41, 5.74) is 2.67. The Labute approximate surface area is 112 Å². The number of anilines is 1. The van der Waals surface area contributed by atoms with E-state index in [0.717, 1.165) is 0 Å². The lowest BCUT2D eigenvalue weighted by Crippen LogP contribution is -2.48. The molecular formula is C11H18N4O3S. The van der Waals surface area contributed by atoms with Crippen molar-refractivity contribution in [3.8, 4) is 0 Å². The molecule has 1 saturated heterocycles. The molecule has 0 aromatic carbocycles. The molecule has 0 spiro atoms. The zero-order chi connectivity index (χ0) is 13.9. The van der Waals surface area contributed by atoms with Crippen LogP contribution >= 0.6 is 0 Å². The third-order valence-electron chi connectivity index (χ3n) is 3.12. The Balaban J connectivity index is 2.40. The Morgan fingerprint density at radius 2 is 2.42 bits per heavy atom. The van der Waals surface area contributed by atoms with Gasteiger partial charge in [0.1, 0.15) is 0 Å². The number of nitrogen functional groups attached to an aromatic ring is 1. The van der Waals surface area contributed by atoms with E-state index in [0.29, 0.717) is 31.9 Å². The summed E-state index contributed by atoms with van der Waals surface area (Å²) >= 11 is 0. The van der Waals surface area contributed by atoms with E-state index in [4.69, 9.17) is 10.6 Å². The first-order valence-electron chi connectivity index (χ1n) is 6.12. The molecule has 106 valence electrons. The molecule has 2 heterocycles. The number of nitrogens with one attached hydrogen (secondary N) is 1. The molecule has 8 heteroatoms. The van der Waals surface area contributed by atoms with Gasteiger partial charge in [0, 0.05) is 18.8 Å². The summed E-state index contributed by atoms with van der Waals surface area (Å²) in [6.07, 6.45) is 2.13. The number of nitrogens with zero attached hydrogens (tertiary/aromatic N) is 2. The lowest BCUT2D eigenvalue weighted by molar-refractivity contribution is 0.0313. The summed E-state index contributed by atoms with van der Waals surface area (Å²) in [6, 6.07) is 3.05. The van der Waals surface area contributed by atoms with Crippen LogP contribution in [0.3, 0.4) is 0 Å². The normalized spacial score (nSPS) is 21.3. The number of morpholine rings is 1. The average Bonchev–Trinajstić information content (AvgIpc) is 2.47. The van der Waals surface area contributed by atoms with Crippen molar-refractivity contribution in [3.05, 3.63) is 18.3 Å². The fraction of sp³-hybridized carbons (Fsp3) is 0.545. The molecule has 1 unspecified atom stereocenters. The van der Waals surface area contributed by atoms with Crippen LogP contribution in [0.5, 0.6) is 0 Å². The number of hydrogen-bond donors (Lipinski definition) is 2. The standard InChI is InChI=1S/C11H18N4O3S/c1-2-9-8-18-7-6-15(9)19(16,17)11-10(14-12)4-3-5-13-11/h3-5,9,14H,2,6-8,12H2,1H3. The van der Waals surface area contributed by atoms with E-state index in [1.165, 1.54) is 10.5 Å². The molecule has 0 aliphatic carbocycles. The van der Waals surface area contributed by atoms with E-state index in [2.05, 4.69) is 10.4 Å². The second-order valence-corrected chi connectivity index (χ2v) is 6.06. The van der Waals surface area contributed by atoms with Crippen molar-refractivity contribution >= 4 is 15.7 Å². The van der Waals surface area contributed by atoms with Crippen molar-refractivity contribution in [2.45, 2.75) is 24.4 Å². The first kappa shape index (κ1) is 14.2. The van der Waals surface area contributed by atoms with Gasteiger partial charge in [-0.05, 0) is 18.6 Å². The maximum Gasteiger partial charge on any atom is 0.263 e. The minimum Gasteiger partial charge on any atom is -0.378 e. The van der Waals surface area contributed by atoms with Crippen molar-refractivity contribution < 1.29 is 13.2 Å². The van der Waals surface area contributed by atoms with Crippen molar-refractivity contribution in [3.63, 3.8) is 0 Å². The van der Waals surface area contributed by atoms with Crippen LogP contribution < -0.4 is 11.3 Å². The Hall–Kier alpha value is -1.22. The van der Waals surface area contributed by atoms with Gasteiger partial charge in [0.2, 0.25) is 0 Å². The summed E-state index contributed by atoms with van der Waals surface area (Å²) < 4.78 is 32.1. The number of rotatable bonds is 4. The van der Waals surface area contributed by atoms with Crippen LogP contribution in [0.2, 0.25) is 0 Å². The molecule has 1 aromatic heterocycles. The van der Waals surface area contributed by atoms with Gasteiger partial charge in [0.15, 0.2) is 5.03 Å². The second-order valence-electron chi connectivity index (χ2n) is 4.25. The maximum atomic E-state index is 12.6. The number of pyridine rings is 1. The summed E-state index contributed by atoms with van der Waals surface area (Å²) in [5, 5.41) is -0.0437. The Morgan fingerprint density at radius 3 is 3.11 bits per heavy atom. The summed E-state index contributed by atoms with van der Waals surface area (Å²) in [4.78, 5) is 3.95. The van der Waals surface area contributed by atoms with E-state index in [1.807, 2.05) is 6.92 Å². The molecule has 1 aliphatic rings. The first-order chi connectivity index (χ1) is 9.11. The summed E-state index contributed by atoms with van der Waals surface area (Å²) in [7, 11) is -3.67. The Morgan fingerprint density at radius 1 is 1.63 bits per heavy atom. The van der Waals surface area contributed by atoms with Crippen molar-refractivity contribution in [2.75, 3.05) is 25.2 Å². The number of aromatic nitrogens is 1. The first-order valence-corrected chi connectivity index (χ1v) is 7.56. The molecule has 0 saturated carbocycles. The molecule has 1 aromatic rings. The molecule has 0 radical (unpaired) electrons. The van der Waals surface area contributed by atoms with Crippen LogP contribution in [-0.2, 0) is 14.8 Å². The topological polar surface area (TPSA) is 97.5 Å². The minimum atomic E-state index is -3.67. The Bertz CT molecular complexity index is 534. The van der Waals surface area contributed by atoms with Crippen LogP contribution in [0.1, 0.15) is 13.3 Å². The van der Waals surface area contributed by atoms with E-state index in [9.17, 15) is 8.42 Å². The number of sulfonamides is 1. The molecule has 1 atom stereocenters. The van der Waals surface area contributed by atoms with Crippen molar-refractivity contribution in [1.29, 1.82) is 0 Å². The zero-order valence-electron chi connectivity index (χ0n) is 10.7. The van der Waals surface area contributed by atoms with E-state index in [-0.39, 0.29) is 11.1 Å². The molecule has 1 aliphatic heterocycles. The predicted molar refractivity (Wildman–Crippen MR) is 70.8 cm³/mol. The smallest absolute Gasteiger partial charge is 0.263 e. The number of hydrazine groups is 1. The van der Waals surface area contributed by atoms with Gasteiger partial charge in [0.05, 0.1) is 18.9 Å². The molecule has 7 nitrogen and oxygen atoms in total. The predicted octanol–water partition coefficient (Wildman–Crippen LogP) is 0.167. The third-order valence-corrected chi connectivity index (χ3v) is 5.04. The average molecular weight is 286 g/mol. The molecule has 0 amide bonds. The molecule has 19 heavy (non-hydrogen) atoms. The highest BCUT2D eigenvalue weighted by molar-refractivity contribution is 7.89. The van der Waals surface area contributed by atoms with Crippen LogP contribution in [0.15, 0.2) is 23.4 Å². The highest BCUT2D eigenvalue weighted by atomic mass is 32.2. The summed E-state index contributed by atoms with van der Waals surface area (Å²) in [5.74, 6) is 5.35. The van der Waals surface area contributed by atoms with Gasteiger partial charge in [-0.1, -0.05) is 6.92 Å². The maximum absolute atomic E-state index is 12.6. The van der Waals surface area contributed by atoms with Crippen LogP contribution in [0.4, 0.5) is 5.69 Å². The fourth-order valence-electron chi connectivity index (χ4n) is 2.09. The second kappa shape index (κ2) is 5.83. The highest BCUT2D eigenvalue weighted by Crippen LogP contribution is 2.25. The molecular weight excluding hydrogens is 268 g/mol. The van der Waals surface area contributed by atoms with E-state index >= 15 is 0 Å². The highest BCUT2D eigenvalue weighted by Gasteiger charge is 2.35. The zero-order valence-corrected chi connectivity index (χ0v) is 11.6. The van der Waals surface area contributed by atoms with Crippen molar-refractivity contribution in [2.24, 2.45) is 5.84 Å². The molecule has 1 fully saturated rings. The lowest BCUT2D eigenvalue weighted by Gasteiger charge is -2.33. The quantitative estimate of drug-likeness (QED) is 0.605. The van der Waals surface area contributed by atoms with Crippen LogP contribution in [0, 0.1) is 0 Å². The van der Waals surface area contributed by atoms with Gasteiger partial charge in [-0.3, -0.25) is 5.84 Å². The third kappa shape index (κ3) is 2.71. The van der Waals surface area contributed by atoms with Crippen LogP contribution in [-0.4, -0.2) is 43.5 Å². The fourth-order valence-corrected chi connectivity index (χ4v) is 3.83. The molecule has 3 N–H and O–H groups in total. The number of hydrogen-bond acceptors (Lipinski definition) is 6. The van der Waals surface area contributed by atoms with E-state index in [1.54, 1.807) is 12.1 Å². The number of nitrogens with two attached hydrogens (primary N) is 1. The van der Waals surface area contributed by atoms with Gasteiger partial charge >= 0.3 is 0 Å². The van der Waals surface area contributed by atoms with Gasteiger partial charge in [-0.2, -0.15) is 4.31 Å². The van der Waals surface area contributed by atoms with Gasteiger partial charge < -0.3 is 10.2 Å². The Kier molecular flexibility index (Phi) is 4.35. The minimum absolute atomic E-state index is 0.0437. The molecule has 2 rings (SSSR count). The summed E-state index contributed by atoms with van der Waals surface area (Å²) in [6.45, 7) is 3.08. The van der Waals surface area contributed by atoms with Crippen molar-refractivity contribution in [1.82, 2.24) is 9.29 Å². The monoisotopic (exact) mass is 286 g/mol. The lowest BCUT2D eigenvalue weighted by atomic mass is 10.2. The number of ether oxygens (including phenoxy) is 1. The van der Waals surface area contributed by atoms with E-state index < -0.39 is 10.0 Å². The van der Waals surface area contributed by atoms with Crippen LogP contribution in [0.25, 0.3) is 0 Å². The largest absolute Gasteiger partial charge is 0.378 e.